The van der Waals surface area contributed by atoms with Gasteiger partial charge in [-0.05, 0) is 252 Å². The van der Waals surface area contributed by atoms with E-state index in [1.807, 2.05) is 0 Å². The first-order chi connectivity index (χ1) is 41.5. The van der Waals surface area contributed by atoms with E-state index in [1.165, 1.54) is 72.8 Å². The zero-order valence-corrected chi connectivity index (χ0v) is 49.6. The second-order valence-corrected chi connectivity index (χ2v) is 26.4. The van der Waals surface area contributed by atoms with Crippen molar-refractivity contribution in [1.82, 2.24) is 0 Å². The Kier molecular flexibility index (Phi) is 17.4. The molecule has 87 heavy (non-hydrogen) atoms. The molecule has 0 aliphatic carbocycles. The summed E-state index contributed by atoms with van der Waals surface area (Å²) in [5.41, 5.74) is -0.891. The highest BCUT2D eigenvalue weighted by Gasteiger charge is 2.22. The van der Waals surface area contributed by atoms with Gasteiger partial charge in [-0.15, -0.1) is 0 Å². The average Bonchev–Trinajstić information content (AvgIpc) is 1.81. The van der Waals surface area contributed by atoms with Crippen molar-refractivity contribution in [3.63, 3.8) is 0 Å². The molecule has 0 radical (unpaired) electrons. The third kappa shape index (κ3) is 15.8. The molecule has 0 saturated heterocycles. The third-order valence-corrected chi connectivity index (χ3v) is 17.9. The first kappa shape index (κ1) is 60.0. The van der Waals surface area contributed by atoms with E-state index in [0.717, 1.165) is 0 Å². The van der Waals surface area contributed by atoms with Gasteiger partial charge in [0.2, 0.25) is 29.5 Å². The van der Waals surface area contributed by atoms with E-state index in [0.29, 0.717) is 80.1 Å². The summed E-state index contributed by atoms with van der Waals surface area (Å²) >= 11 is 0. The van der Waals surface area contributed by atoms with Crippen molar-refractivity contribution in [3.05, 3.63) is 254 Å². The summed E-state index contributed by atoms with van der Waals surface area (Å²) in [6, 6.07) is 63.8. The van der Waals surface area contributed by atoms with Crippen molar-refractivity contribution < 1.29 is 63.9 Å². The van der Waals surface area contributed by atoms with Crippen molar-refractivity contribution in [2.75, 3.05) is 0 Å². The Hall–Kier alpha value is -10.1. The summed E-state index contributed by atoms with van der Waals surface area (Å²) in [6.07, 6.45) is 0. The lowest BCUT2D eigenvalue weighted by Crippen LogP contribution is -2.14. The highest BCUT2D eigenvalue weighted by Crippen LogP contribution is 2.35. The second kappa shape index (κ2) is 25.2. The minimum absolute atomic E-state index is 0.0462. The van der Waals surface area contributed by atoms with E-state index in [4.69, 9.17) is 28.4 Å². The van der Waals surface area contributed by atoms with Gasteiger partial charge in [0.05, 0.1) is 29.4 Å². The average molecular weight is 1220 g/mol. The highest BCUT2D eigenvalue weighted by molar-refractivity contribution is 7.92. The Morgan fingerprint density at radius 2 is 0.471 bits per heavy atom. The smallest absolute Gasteiger partial charge is 0.206 e. The Balaban J connectivity index is 0.684. The molecule has 17 heteroatoms. The molecule has 0 unspecified atom stereocenters. The molecular weight excluding hydrogens is 1160 g/mol. The first-order valence-electron chi connectivity index (χ1n) is 26.8. The van der Waals surface area contributed by atoms with Crippen molar-refractivity contribution in [3.8, 4) is 92.7 Å². The van der Waals surface area contributed by atoms with Crippen LogP contribution < -0.4 is 28.4 Å². The van der Waals surface area contributed by atoms with E-state index >= 15 is 0 Å². The van der Waals surface area contributed by atoms with Gasteiger partial charge in [-0.25, -0.2) is 25.3 Å². The number of sulfone groups is 3. The summed E-state index contributed by atoms with van der Waals surface area (Å²) in [4.78, 5) is 0.401. The third-order valence-electron chi connectivity index (χ3n) is 12.6. The van der Waals surface area contributed by atoms with Crippen LogP contribution in [0.25, 0.3) is 0 Å². The van der Waals surface area contributed by atoms with Crippen molar-refractivity contribution in [1.29, 1.82) is 0 Å². The standard InChI is InChI=1S/C70H54O14S3/c1-69(2,71)45-43-49-11-13-51(14-12-49)79-54-19-31-63(32-20-54)85(73,74)64-33-21-55(22-34-64)80-52-15-17-53(18-16-52)81-56-23-35-65(36-24-56)86(75,76)67-39-27-58(28-40-67)83-61-9-6-10-62(48-61)84-59-29-41-68(42-30-59)87(77,78)66-37-25-57(26-38-66)82-60-8-5-7-50(47-60)44-46-70(3,4)72/h5-42,47-48,71-72H,1-4H3. The quantitative estimate of drug-likeness (QED) is 0.0769. The van der Waals surface area contributed by atoms with Crippen molar-refractivity contribution >= 4 is 29.5 Å². The Labute approximate surface area is 505 Å². The number of rotatable bonds is 18. The van der Waals surface area contributed by atoms with Gasteiger partial charge < -0.3 is 38.6 Å². The van der Waals surface area contributed by atoms with E-state index in [-0.39, 0.29) is 29.4 Å². The molecule has 10 aromatic rings. The van der Waals surface area contributed by atoms with Gasteiger partial charge in [-0.2, -0.15) is 0 Å². The van der Waals surface area contributed by atoms with Gasteiger partial charge in [-0.1, -0.05) is 35.8 Å². The molecule has 0 fully saturated rings. The van der Waals surface area contributed by atoms with Crippen LogP contribution in [0.1, 0.15) is 38.8 Å². The van der Waals surface area contributed by atoms with Gasteiger partial charge >= 0.3 is 0 Å². The number of hydrogen-bond donors (Lipinski definition) is 2. The van der Waals surface area contributed by atoms with E-state index in [9.17, 15) is 35.5 Å². The monoisotopic (exact) mass is 1210 g/mol. The zero-order valence-electron chi connectivity index (χ0n) is 47.1. The fourth-order valence-corrected chi connectivity index (χ4v) is 12.0. The lowest BCUT2D eigenvalue weighted by Gasteiger charge is -2.11. The summed E-state index contributed by atoms with van der Waals surface area (Å²) in [6.45, 7) is 6.40. The molecule has 0 spiro atoms. The van der Waals surface area contributed by atoms with Crippen LogP contribution in [0.5, 0.6) is 69.0 Å². The minimum Gasteiger partial charge on any atom is -0.457 e. The lowest BCUT2D eigenvalue weighted by atomic mass is 10.1. The number of benzene rings is 10. The molecule has 0 saturated carbocycles. The fourth-order valence-electron chi connectivity index (χ4n) is 8.22. The summed E-state index contributed by atoms with van der Waals surface area (Å²) < 4.78 is 117. The zero-order chi connectivity index (χ0) is 61.4. The molecule has 0 aliphatic heterocycles. The van der Waals surface area contributed by atoms with Crippen LogP contribution in [-0.2, 0) is 29.5 Å². The minimum atomic E-state index is -3.93. The van der Waals surface area contributed by atoms with E-state index < -0.39 is 40.7 Å². The molecule has 2 N–H and O–H groups in total. The second-order valence-electron chi connectivity index (χ2n) is 20.6. The number of aliphatic hydroxyl groups is 2. The van der Waals surface area contributed by atoms with Crippen LogP contribution in [0.15, 0.2) is 272 Å². The van der Waals surface area contributed by atoms with Crippen molar-refractivity contribution in [2.24, 2.45) is 0 Å². The maximum absolute atomic E-state index is 13.7. The summed E-state index contributed by atoms with van der Waals surface area (Å²) in [5.74, 6) is 16.5. The molecule has 0 amide bonds. The molecule has 14 nitrogen and oxygen atoms in total. The SMILES string of the molecule is CC(C)(O)C#Cc1ccc(Oc2ccc(S(=O)(=O)c3ccc(Oc4ccc(Oc5ccc(S(=O)(=O)c6ccc(Oc7cccc(Oc8ccc(S(=O)(=O)c9ccc(Oc%10cccc(C#CC(C)(C)O)c%10)cc9)cc8)c7)cc6)cc5)cc4)cc3)cc2)cc1. The van der Waals surface area contributed by atoms with Crippen LogP contribution in [0.2, 0.25) is 0 Å². The van der Waals surface area contributed by atoms with Gasteiger partial charge in [0.1, 0.15) is 80.2 Å². The number of ether oxygens (including phenoxy) is 6. The van der Waals surface area contributed by atoms with Crippen LogP contribution in [-0.4, -0.2) is 46.7 Å². The molecule has 0 aromatic heterocycles. The van der Waals surface area contributed by atoms with Crippen LogP contribution >= 0.6 is 0 Å². The molecule has 10 aromatic carbocycles. The van der Waals surface area contributed by atoms with Crippen LogP contribution in [0, 0.1) is 23.7 Å². The molecule has 10 rings (SSSR count). The fraction of sp³-hybridized carbons (Fsp3) is 0.0857. The van der Waals surface area contributed by atoms with Gasteiger partial charge in [-0.3, -0.25) is 0 Å². The van der Waals surface area contributed by atoms with E-state index in [2.05, 4.69) is 23.7 Å². The predicted octanol–water partition coefficient (Wildman–Crippen LogP) is 15.2. The highest BCUT2D eigenvalue weighted by atomic mass is 32.2. The van der Waals surface area contributed by atoms with Crippen LogP contribution in [0.4, 0.5) is 0 Å². The Morgan fingerprint density at radius 1 is 0.264 bits per heavy atom. The summed E-state index contributed by atoms with van der Waals surface area (Å²) in [5, 5.41) is 19.8. The van der Waals surface area contributed by atoms with Gasteiger partial charge in [0.25, 0.3) is 0 Å². The molecule has 436 valence electrons. The maximum Gasteiger partial charge on any atom is 0.206 e. The van der Waals surface area contributed by atoms with Gasteiger partial charge in [0, 0.05) is 17.2 Å². The maximum atomic E-state index is 13.7. The predicted molar refractivity (Wildman–Crippen MR) is 328 cm³/mol. The van der Waals surface area contributed by atoms with Crippen LogP contribution in [0.3, 0.4) is 0 Å². The molecule has 0 bridgehead atoms. The number of hydrogen-bond acceptors (Lipinski definition) is 14. The van der Waals surface area contributed by atoms with Gasteiger partial charge in [0.15, 0.2) is 0 Å². The molecule has 0 aliphatic rings. The van der Waals surface area contributed by atoms with E-state index in [1.54, 1.807) is 198 Å². The lowest BCUT2D eigenvalue weighted by molar-refractivity contribution is 0.143. The topological polar surface area (TPSA) is 198 Å². The largest absolute Gasteiger partial charge is 0.457 e. The first-order valence-corrected chi connectivity index (χ1v) is 31.3. The Bertz CT molecular complexity index is 4560. The van der Waals surface area contributed by atoms with Crippen molar-refractivity contribution in [2.45, 2.75) is 68.3 Å². The molecular formula is C70H54O14S3. The molecule has 0 heterocycles. The molecule has 0 atom stereocenters. The Morgan fingerprint density at radius 3 is 0.736 bits per heavy atom. The normalized spacial score (nSPS) is 11.7. The summed E-state index contributed by atoms with van der Waals surface area (Å²) in [7, 11) is -11.7.